The Balaban J connectivity index is 2.31. The molecule has 0 amide bonds. The summed E-state index contributed by atoms with van der Waals surface area (Å²) in [7, 11) is 0. The average molecular weight is 298 g/mol. The Morgan fingerprint density at radius 2 is 1.45 bits per heavy atom. The van der Waals surface area contributed by atoms with Gasteiger partial charge in [0, 0.05) is 16.3 Å². The van der Waals surface area contributed by atoms with Gasteiger partial charge in [0.25, 0.3) is 0 Å². The fourth-order valence-electron chi connectivity index (χ4n) is 2.54. The van der Waals surface area contributed by atoms with E-state index in [2.05, 4.69) is 42.6 Å². The van der Waals surface area contributed by atoms with E-state index in [4.69, 9.17) is 0 Å². The number of nitrogens with zero attached hydrogens (tertiary/aromatic N) is 4. The maximum absolute atomic E-state index is 4.47. The summed E-state index contributed by atoms with van der Waals surface area (Å²) in [4.78, 5) is 0. The third kappa shape index (κ3) is 1.52. The van der Waals surface area contributed by atoms with Crippen LogP contribution in [0.25, 0.3) is 38.9 Å². The number of hydrogen-bond acceptors (Lipinski definition) is 6. The van der Waals surface area contributed by atoms with Gasteiger partial charge in [-0.05, 0) is 31.5 Å². The standard InChI is InChI=1S/C14H10N4S2/c1-3-4-8-6-10-9(14-12(8)16-20-18-14)5-7(2)11-13(10)17-19-15-11/h3-6H,1-2H3/b4-3+. The molecule has 0 fully saturated rings. The third-order valence-electron chi connectivity index (χ3n) is 3.43. The Morgan fingerprint density at radius 3 is 2.20 bits per heavy atom. The smallest absolute Gasteiger partial charge is 0.113 e. The van der Waals surface area contributed by atoms with E-state index in [9.17, 15) is 0 Å². The molecule has 0 radical (unpaired) electrons. The summed E-state index contributed by atoms with van der Waals surface area (Å²) in [6, 6.07) is 4.28. The van der Waals surface area contributed by atoms with Crippen molar-refractivity contribution in [2.75, 3.05) is 0 Å². The van der Waals surface area contributed by atoms with Crippen molar-refractivity contribution in [3.8, 4) is 0 Å². The average Bonchev–Trinajstić information content (AvgIpc) is 3.09. The molecule has 6 heteroatoms. The molecular weight excluding hydrogens is 288 g/mol. The molecule has 0 saturated heterocycles. The van der Waals surface area contributed by atoms with Crippen LogP contribution in [-0.2, 0) is 0 Å². The lowest BCUT2D eigenvalue weighted by Crippen LogP contribution is -1.86. The van der Waals surface area contributed by atoms with E-state index < -0.39 is 0 Å². The Hall–Kier alpha value is -1.92. The van der Waals surface area contributed by atoms with Crippen molar-refractivity contribution < 1.29 is 0 Å². The van der Waals surface area contributed by atoms with E-state index in [0.29, 0.717) is 0 Å². The summed E-state index contributed by atoms with van der Waals surface area (Å²) in [6.45, 7) is 4.07. The number of aryl methyl sites for hydroxylation is 1. The summed E-state index contributed by atoms with van der Waals surface area (Å²) in [5, 5.41) is 2.22. The predicted octanol–water partition coefficient (Wildman–Crippen LogP) is 4.19. The van der Waals surface area contributed by atoms with Crippen LogP contribution in [0.5, 0.6) is 0 Å². The van der Waals surface area contributed by atoms with Crippen molar-refractivity contribution in [3.05, 3.63) is 29.3 Å². The number of benzene rings is 2. The molecule has 0 saturated carbocycles. The summed E-state index contributed by atoms with van der Waals surface area (Å²) in [6.07, 6.45) is 4.08. The molecule has 0 N–H and O–H groups in total. The molecule has 0 aliphatic heterocycles. The van der Waals surface area contributed by atoms with Crippen molar-refractivity contribution in [2.45, 2.75) is 13.8 Å². The fraction of sp³-hybridized carbons (Fsp3) is 0.143. The Bertz CT molecular complexity index is 981. The topological polar surface area (TPSA) is 51.6 Å². The normalized spacial score (nSPS) is 12.3. The second kappa shape index (κ2) is 4.29. The molecule has 0 unspecified atom stereocenters. The van der Waals surface area contributed by atoms with Crippen LogP contribution < -0.4 is 0 Å². The lowest BCUT2D eigenvalue weighted by molar-refractivity contribution is 1.50. The van der Waals surface area contributed by atoms with Crippen LogP contribution in [0.3, 0.4) is 0 Å². The van der Waals surface area contributed by atoms with E-state index >= 15 is 0 Å². The largest absolute Gasteiger partial charge is 0.173 e. The van der Waals surface area contributed by atoms with Crippen molar-refractivity contribution in [1.82, 2.24) is 17.5 Å². The van der Waals surface area contributed by atoms with Crippen LogP contribution in [-0.4, -0.2) is 17.5 Å². The summed E-state index contributed by atoms with van der Waals surface area (Å²) < 4.78 is 17.8. The number of allylic oxidation sites excluding steroid dienone is 1. The highest BCUT2D eigenvalue weighted by Gasteiger charge is 2.14. The van der Waals surface area contributed by atoms with Gasteiger partial charge in [0.1, 0.15) is 22.1 Å². The first-order valence-electron chi connectivity index (χ1n) is 6.23. The van der Waals surface area contributed by atoms with Gasteiger partial charge in [-0.15, -0.1) is 0 Å². The van der Waals surface area contributed by atoms with Gasteiger partial charge in [0.05, 0.1) is 23.5 Å². The van der Waals surface area contributed by atoms with Crippen molar-refractivity contribution in [2.24, 2.45) is 0 Å². The molecule has 4 nitrogen and oxygen atoms in total. The van der Waals surface area contributed by atoms with Gasteiger partial charge < -0.3 is 0 Å². The van der Waals surface area contributed by atoms with Gasteiger partial charge in [-0.2, -0.15) is 17.5 Å². The van der Waals surface area contributed by atoms with Crippen molar-refractivity contribution in [1.29, 1.82) is 0 Å². The highest BCUT2D eigenvalue weighted by atomic mass is 32.1. The summed E-state index contributed by atoms with van der Waals surface area (Å²) in [5.41, 5.74) is 6.08. The summed E-state index contributed by atoms with van der Waals surface area (Å²) >= 11 is 2.51. The van der Waals surface area contributed by atoms with Crippen LogP contribution >= 0.6 is 23.5 Å². The minimum atomic E-state index is 0.957. The van der Waals surface area contributed by atoms with Crippen LogP contribution in [0.15, 0.2) is 18.2 Å². The highest BCUT2D eigenvalue weighted by molar-refractivity contribution is 7.00. The lowest BCUT2D eigenvalue weighted by Gasteiger charge is -2.04. The fourth-order valence-corrected chi connectivity index (χ4v) is 3.74. The monoisotopic (exact) mass is 298 g/mol. The molecular formula is C14H10N4S2. The molecule has 0 aliphatic rings. The Morgan fingerprint density at radius 1 is 0.850 bits per heavy atom. The Labute approximate surface area is 123 Å². The first kappa shape index (κ1) is 11.9. The highest BCUT2D eigenvalue weighted by Crippen LogP contribution is 2.34. The molecule has 20 heavy (non-hydrogen) atoms. The molecule has 0 spiro atoms. The molecule has 0 aliphatic carbocycles. The molecule has 4 aromatic rings. The van der Waals surface area contributed by atoms with E-state index in [1.807, 2.05) is 13.0 Å². The number of rotatable bonds is 1. The SMILES string of the molecule is C/C=C/c1cc2c(cc(C)c3nsnc32)c2nsnc12. The van der Waals surface area contributed by atoms with Gasteiger partial charge in [0.2, 0.25) is 0 Å². The van der Waals surface area contributed by atoms with Gasteiger partial charge in [0.15, 0.2) is 0 Å². The van der Waals surface area contributed by atoms with Gasteiger partial charge in [-0.3, -0.25) is 0 Å². The minimum absolute atomic E-state index is 0.957. The zero-order valence-electron chi connectivity index (χ0n) is 10.9. The Kier molecular flexibility index (Phi) is 2.55. The molecule has 0 atom stereocenters. The first-order valence-corrected chi connectivity index (χ1v) is 7.69. The minimum Gasteiger partial charge on any atom is -0.173 e. The van der Waals surface area contributed by atoms with Gasteiger partial charge in [-0.1, -0.05) is 12.2 Å². The second-order valence-electron chi connectivity index (χ2n) is 4.68. The lowest BCUT2D eigenvalue weighted by atomic mass is 10.0. The predicted molar refractivity (Wildman–Crippen MR) is 85.3 cm³/mol. The maximum atomic E-state index is 4.47. The van der Waals surface area contributed by atoms with Crippen molar-refractivity contribution >= 4 is 62.4 Å². The van der Waals surface area contributed by atoms with E-state index in [1.54, 1.807) is 0 Å². The third-order valence-corrected chi connectivity index (χ3v) is 4.49. The zero-order valence-corrected chi connectivity index (χ0v) is 12.5. The van der Waals surface area contributed by atoms with Crippen LogP contribution in [0, 0.1) is 6.92 Å². The number of fused-ring (bicyclic) bond motifs is 5. The zero-order chi connectivity index (χ0) is 13.7. The summed E-state index contributed by atoms with van der Waals surface area (Å²) in [5.74, 6) is 0. The molecule has 2 heterocycles. The van der Waals surface area contributed by atoms with Gasteiger partial charge >= 0.3 is 0 Å². The molecule has 0 bridgehead atoms. The molecule has 4 rings (SSSR count). The molecule has 2 aromatic heterocycles. The molecule has 2 aromatic carbocycles. The van der Waals surface area contributed by atoms with E-state index in [1.165, 1.54) is 23.5 Å². The number of aromatic nitrogens is 4. The van der Waals surface area contributed by atoms with Crippen LogP contribution in [0.2, 0.25) is 0 Å². The quantitative estimate of drug-likeness (QED) is 0.528. The maximum Gasteiger partial charge on any atom is 0.113 e. The van der Waals surface area contributed by atoms with E-state index in [0.717, 1.165) is 44.0 Å². The molecule has 98 valence electrons. The van der Waals surface area contributed by atoms with Gasteiger partial charge in [-0.25, -0.2) is 0 Å². The van der Waals surface area contributed by atoms with Crippen molar-refractivity contribution in [3.63, 3.8) is 0 Å². The first-order chi connectivity index (χ1) is 9.79. The second-order valence-corrected chi connectivity index (χ2v) is 5.73. The van der Waals surface area contributed by atoms with E-state index in [-0.39, 0.29) is 0 Å². The van der Waals surface area contributed by atoms with Crippen LogP contribution in [0.1, 0.15) is 18.1 Å². The number of hydrogen-bond donors (Lipinski definition) is 0. The van der Waals surface area contributed by atoms with Crippen LogP contribution in [0.4, 0.5) is 0 Å².